The van der Waals surface area contributed by atoms with Gasteiger partial charge in [-0.05, 0) is 59.3 Å². The summed E-state index contributed by atoms with van der Waals surface area (Å²) in [4.78, 5) is 11.0. The normalized spacial score (nSPS) is 12.6. The Morgan fingerprint density at radius 1 is 0.393 bits per heavy atom. The fourth-order valence-electron chi connectivity index (χ4n) is 9.95. The lowest BCUT2D eigenvalue weighted by molar-refractivity contribution is 0.661. The highest BCUT2D eigenvalue weighted by Gasteiger charge is 2.28. The van der Waals surface area contributed by atoms with Crippen LogP contribution in [-0.4, -0.2) is 23.5 Å². The molecule has 6 aromatic heterocycles. The van der Waals surface area contributed by atoms with Crippen LogP contribution in [0, 0.1) is 0 Å². The molecule has 14 aromatic rings. The first-order valence-electron chi connectivity index (χ1n) is 19.0. The number of nitrogens with zero attached hydrogens (tertiary/aromatic N) is 5. The molecule has 0 fully saturated rings. The van der Waals surface area contributed by atoms with Crippen molar-refractivity contribution in [2.45, 2.75) is 0 Å². The molecule has 14 rings (SSSR count). The van der Waals surface area contributed by atoms with E-state index in [2.05, 4.69) is 165 Å². The van der Waals surface area contributed by atoms with Crippen molar-refractivity contribution >= 4 is 115 Å². The Balaban J connectivity index is 1.26. The highest BCUT2D eigenvalue weighted by molar-refractivity contribution is 6.36. The van der Waals surface area contributed by atoms with Crippen molar-refractivity contribution < 1.29 is 4.42 Å². The maximum absolute atomic E-state index is 6.87. The topological polar surface area (TPSA) is 53.2 Å². The minimum Gasteiger partial charge on any atom is -0.450 e. The third-order valence-corrected chi connectivity index (χ3v) is 12.2. The Labute approximate surface area is 317 Å². The molecule has 0 unspecified atom stereocenters. The second-order valence-corrected chi connectivity index (χ2v) is 14.9. The van der Waals surface area contributed by atoms with Gasteiger partial charge in [0.05, 0.1) is 38.6 Å². The van der Waals surface area contributed by atoms with Gasteiger partial charge in [0.15, 0.2) is 11.4 Å². The van der Waals surface area contributed by atoms with Crippen LogP contribution in [0.1, 0.15) is 0 Å². The van der Waals surface area contributed by atoms with E-state index in [0.717, 1.165) is 49.3 Å². The lowest BCUT2D eigenvalue weighted by atomic mass is 10.0. The zero-order chi connectivity index (χ0) is 36.2. The summed E-state index contributed by atoms with van der Waals surface area (Å²) in [7, 11) is 0. The van der Waals surface area contributed by atoms with E-state index in [9.17, 15) is 0 Å². The summed E-state index contributed by atoms with van der Waals surface area (Å²) in [5.74, 6) is 1.31. The van der Waals surface area contributed by atoms with E-state index in [4.69, 9.17) is 14.4 Å². The smallest absolute Gasteiger partial charge is 0.237 e. The number of hydrogen-bond acceptors (Lipinski definition) is 3. The molecular formula is C50H27N5O. The van der Waals surface area contributed by atoms with E-state index in [1.807, 2.05) is 12.1 Å². The van der Waals surface area contributed by atoms with E-state index >= 15 is 0 Å². The van der Waals surface area contributed by atoms with Gasteiger partial charge in [0.1, 0.15) is 11.1 Å². The van der Waals surface area contributed by atoms with Crippen molar-refractivity contribution in [1.29, 1.82) is 0 Å². The first-order valence-corrected chi connectivity index (χ1v) is 19.0. The van der Waals surface area contributed by atoms with Gasteiger partial charge in [-0.2, -0.15) is 4.98 Å². The SMILES string of the molecule is c1ccc2c(c1)ccc1c2c2cc3c4ccccc4n4c5ccccc5c(c2n1-c1nc(-n2c5ccccc5c5ccccc52)nc2c1oc1ccccc12)c34. The molecule has 0 aliphatic heterocycles. The fourth-order valence-corrected chi connectivity index (χ4v) is 9.95. The first kappa shape index (κ1) is 28.8. The summed E-state index contributed by atoms with van der Waals surface area (Å²) >= 11 is 0. The maximum atomic E-state index is 6.87. The number of para-hydroxylation sites is 5. The van der Waals surface area contributed by atoms with Crippen molar-refractivity contribution in [1.82, 2.24) is 23.5 Å². The Bertz CT molecular complexity index is 3960. The predicted octanol–water partition coefficient (Wildman–Crippen LogP) is 12.9. The highest BCUT2D eigenvalue weighted by Crippen LogP contribution is 2.48. The molecule has 0 spiro atoms. The van der Waals surface area contributed by atoms with Crippen LogP contribution in [0.4, 0.5) is 0 Å². The van der Waals surface area contributed by atoms with Gasteiger partial charge >= 0.3 is 0 Å². The monoisotopic (exact) mass is 713 g/mol. The Hall–Kier alpha value is -7.70. The van der Waals surface area contributed by atoms with Crippen LogP contribution in [-0.2, 0) is 0 Å². The van der Waals surface area contributed by atoms with Gasteiger partial charge in [-0.1, -0.05) is 115 Å². The maximum Gasteiger partial charge on any atom is 0.237 e. The van der Waals surface area contributed by atoms with Gasteiger partial charge in [0, 0.05) is 48.5 Å². The minimum atomic E-state index is 0.597. The van der Waals surface area contributed by atoms with Crippen LogP contribution in [0.5, 0.6) is 0 Å². The van der Waals surface area contributed by atoms with Gasteiger partial charge in [-0.3, -0.25) is 9.13 Å². The van der Waals surface area contributed by atoms with E-state index in [1.165, 1.54) is 59.6 Å². The van der Waals surface area contributed by atoms with Gasteiger partial charge in [-0.25, -0.2) is 4.98 Å². The number of hydrogen-bond donors (Lipinski definition) is 0. The lowest BCUT2D eigenvalue weighted by Crippen LogP contribution is -2.06. The number of benzene rings is 8. The summed E-state index contributed by atoms with van der Waals surface area (Å²) in [5.41, 5.74) is 10.1. The molecule has 6 nitrogen and oxygen atoms in total. The highest BCUT2D eigenvalue weighted by atomic mass is 16.3. The summed E-state index contributed by atoms with van der Waals surface area (Å²) in [6.45, 7) is 0. The Morgan fingerprint density at radius 2 is 0.982 bits per heavy atom. The number of rotatable bonds is 2. The quantitative estimate of drug-likeness (QED) is 0.179. The molecule has 8 aromatic carbocycles. The summed E-state index contributed by atoms with van der Waals surface area (Å²) in [6.07, 6.45) is 0. The molecule has 0 atom stereocenters. The second kappa shape index (κ2) is 10.1. The van der Waals surface area contributed by atoms with Crippen molar-refractivity contribution in [3.63, 3.8) is 0 Å². The Kier molecular flexibility index (Phi) is 5.18. The van der Waals surface area contributed by atoms with E-state index in [0.29, 0.717) is 17.3 Å². The first-order chi connectivity index (χ1) is 27.8. The molecule has 0 bridgehead atoms. The third-order valence-electron chi connectivity index (χ3n) is 12.2. The molecule has 0 saturated carbocycles. The molecule has 0 amide bonds. The van der Waals surface area contributed by atoms with Crippen LogP contribution in [0.2, 0.25) is 0 Å². The summed E-state index contributed by atoms with van der Waals surface area (Å²) in [6, 6.07) is 58.5. The molecule has 258 valence electrons. The number of aromatic nitrogens is 5. The molecule has 0 saturated heterocycles. The van der Waals surface area contributed by atoms with Crippen molar-refractivity contribution in [3.8, 4) is 11.8 Å². The molecule has 0 aliphatic rings. The minimum absolute atomic E-state index is 0.597. The van der Waals surface area contributed by atoms with E-state index in [-0.39, 0.29) is 0 Å². The molecule has 0 N–H and O–H groups in total. The number of fused-ring (bicyclic) bond motifs is 18. The van der Waals surface area contributed by atoms with Crippen LogP contribution < -0.4 is 0 Å². The summed E-state index contributed by atoms with van der Waals surface area (Å²) in [5, 5.41) is 12.9. The zero-order valence-electron chi connectivity index (χ0n) is 29.7. The van der Waals surface area contributed by atoms with Crippen LogP contribution in [0.3, 0.4) is 0 Å². The Morgan fingerprint density at radius 3 is 1.73 bits per heavy atom. The average molecular weight is 714 g/mol. The van der Waals surface area contributed by atoms with Crippen molar-refractivity contribution in [2.24, 2.45) is 0 Å². The van der Waals surface area contributed by atoms with Crippen molar-refractivity contribution in [3.05, 3.63) is 164 Å². The fraction of sp³-hybridized carbons (Fsp3) is 0. The van der Waals surface area contributed by atoms with Crippen LogP contribution >= 0.6 is 0 Å². The molecule has 56 heavy (non-hydrogen) atoms. The third kappa shape index (κ3) is 3.39. The predicted molar refractivity (Wildman–Crippen MR) is 230 cm³/mol. The van der Waals surface area contributed by atoms with E-state index in [1.54, 1.807) is 0 Å². The van der Waals surface area contributed by atoms with Crippen LogP contribution in [0.25, 0.3) is 126 Å². The molecule has 0 aliphatic carbocycles. The van der Waals surface area contributed by atoms with Crippen molar-refractivity contribution in [2.75, 3.05) is 0 Å². The number of furan rings is 1. The largest absolute Gasteiger partial charge is 0.450 e. The zero-order valence-corrected chi connectivity index (χ0v) is 29.7. The summed E-state index contributed by atoms with van der Waals surface area (Å²) < 4.78 is 13.9. The second-order valence-electron chi connectivity index (χ2n) is 14.9. The molecule has 6 heterocycles. The van der Waals surface area contributed by atoms with Gasteiger partial charge in [0.25, 0.3) is 0 Å². The van der Waals surface area contributed by atoms with Gasteiger partial charge in [0.2, 0.25) is 5.95 Å². The average Bonchev–Trinajstić information content (AvgIpc) is 4.05. The molecule has 0 radical (unpaired) electrons. The standard InChI is InChI=1S/C50H27N5O/c1-2-14-29-28(13-1)25-26-41-43(29)36-27-35-32-17-5-8-20-37(32)53-40-23-11-6-18-33(40)44(46(35)53)47(36)55(41)49-48-45(34-19-7-12-24-42(34)56-48)51-50(52-49)54-38-21-9-3-15-30(38)31-16-4-10-22-39(31)54/h1-27H. The molecule has 6 heteroatoms. The van der Waals surface area contributed by atoms with E-state index < -0.39 is 0 Å². The van der Waals surface area contributed by atoms with Gasteiger partial charge in [-0.15, -0.1) is 0 Å². The van der Waals surface area contributed by atoms with Crippen LogP contribution in [0.15, 0.2) is 168 Å². The van der Waals surface area contributed by atoms with Gasteiger partial charge < -0.3 is 8.82 Å². The lowest BCUT2D eigenvalue weighted by Gasteiger charge is -2.12. The molecular weight excluding hydrogens is 687 g/mol.